The Labute approximate surface area is 137 Å². The minimum Gasteiger partial charge on any atom is -0.308 e. The summed E-state index contributed by atoms with van der Waals surface area (Å²) in [6.07, 6.45) is 5.36. The highest BCUT2D eigenvalue weighted by molar-refractivity contribution is 8.00. The zero-order valence-corrected chi connectivity index (χ0v) is 13.0. The Morgan fingerprint density at radius 2 is 2.04 bits per heavy atom. The number of nitrogens with zero attached hydrogens (tertiary/aromatic N) is 3. The van der Waals surface area contributed by atoms with E-state index in [1.807, 2.05) is 53.2 Å². The summed E-state index contributed by atoms with van der Waals surface area (Å²) in [7, 11) is 0. The molecule has 1 unspecified atom stereocenters. The van der Waals surface area contributed by atoms with Crippen molar-refractivity contribution in [2.24, 2.45) is 0 Å². The summed E-state index contributed by atoms with van der Waals surface area (Å²) in [6, 6.07) is 14.0. The molecule has 0 saturated heterocycles. The summed E-state index contributed by atoms with van der Waals surface area (Å²) in [5.41, 5.74) is 3.06. The number of fused-ring (bicyclic) bond motifs is 1. The highest BCUT2D eigenvalue weighted by Crippen LogP contribution is 2.41. The molecule has 23 heavy (non-hydrogen) atoms. The molecule has 0 spiro atoms. The van der Waals surface area contributed by atoms with E-state index in [4.69, 9.17) is 0 Å². The lowest BCUT2D eigenvalue weighted by Gasteiger charge is -2.17. The van der Waals surface area contributed by atoms with Crippen molar-refractivity contribution in [3.05, 3.63) is 72.4 Å². The van der Waals surface area contributed by atoms with Gasteiger partial charge in [0.1, 0.15) is 6.33 Å². The van der Waals surface area contributed by atoms with E-state index in [9.17, 15) is 4.79 Å². The molecule has 114 valence electrons. The van der Waals surface area contributed by atoms with Gasteiger partial charge in [-0.25, -0.2) is 4.98 Å². The van der Waals surface area contributed by atoms with Crippen LogP contribution < -0.4 is 5.32 Å². The minimum absolute atomic E-state index is 0.000330. The molecule has 1 atom stereocenters. The molecule has 2 aromatic heterocycles. The number of nitrogens with one attached hydrogen (secondary N) is 1. The van der Waals surface area contributed by atoms with Crippen molar-refractivity contribution in [2.75, 3.05) is 11.1 Å². The fourth-order valence-corrected chi connectivity index (χ4v) is 3.80. The SMILES string of the molecule is O=C1CSC(c2cccnc2)c2c(ncn2-c2ccccc2)N1. The van der Waals surface area contributed by atoms with Crippen LogP contribution in [0.4, 0.5) is 5.82 Å². The number of hydrogen-bond donors (Lipinski definition) is 1. The monoisotopic (exact) mass is 322 g/mol. The van der Waals surface area contributed by atoms with Gasteiger partial charge in [0.15, 0.2) is 5.82 Å². The van der Waals surface area contributed by atoms with Gasteiger partial charge in [-0.3, -0.25) is 14.3 Å². The summed E-state index contributed by atoms with van der Waals surface area (Å²) < 4.78 is 2.03. The lowest BCUT2D eigenvalue weighted by Crippen LogP contribution is -2.12. The summed E-state index contributed by atoms with van der Waals surface area (Å²) in [5, 5.41) is 2.90. The normalized spacial score (nSPS) is 17.2. The maximum atomic E-state index is 12.0. The first-order chi connectivity index (χ1) is 11.3. The molecular weight excluding hydrogens is 308 g/mol. The van der Waals surface area contributed by atoms with Crippen LogP contribution in [-0.4, -0.2) is 26.2 Å². The molecule has 4 rings (SSSR count). The van der Waals surface area contributed by atoms with Gasteiger partial charge in [0.25, 0.3) is 0 Å². The third-order valence-electron chi connectivity index (χ3n) is 3.71. The number of rotatable bonds is 2. The van der Waals surface area contributed by atoms with E-state index in [1.165, 1.54) is 0 Å². The predicted molar refractivity (Wildman–Crippen MR) is 90.7 cm³/mol. The van der Waals surface area contributed by atoms with Crippen molar-refractivity contribution >= 4 is 23.5 Å². The number of amides is 1. The Morgan fingerprint density at radius 3 is 2.83 bits per heavy atom. The van der Waals surface area contributed by atoms with Crippen LogP contribution in [-0.2, 0) is 4.79 Å². The largest absolute Gasteiger partial charge is 0.308 e. The predicted octanol–water partition coefficient (Wildman–Crippen LogP) is 3.04. The van der Waals surface area contributed by atoms with Gasteiger partial charge in [-0.2, -0.15) is 0 Å². The van der Waals surface area contributed by atoms with Gasteiger partial charge in [0.05, 0.1) is 16.7 Å². The number of benzene rings is 1. The van der Waals surface area contributed by atoms with E-state index in [0.717, 1.165) is 16.9 Å². The first-order valence-electron chi connectivity index (χ1n) is 7.27. The van der Waals surface area contributed by atoms with Crippen LogP contribution in [0, 0.1) is 0 Å². The second-order valence-electron chi connectivity index (χ2n) is 5.21. The van der Waals surface area contributed by atoms with E-state index in [2.05, 4.69) is 15.3 Å². The summed E-state index contributed by atoms with van der Waals surface area (Å²) in [6.45, 7) is 0. The van der Waals surface area contributed by atoms with Crippen LogP contribution >= 0.6 is 11.8 Å². The van der Waals surface area contributed by atoms with Crippen molar-refractivity contribution in [2.45, 2.75) is 5.25 Å². The van der Waals surface area contributed by atoms with E-state index in [0.29, 0.717) is 11.6 Å². The van der Waals surface area contributed by atoms with Crippen LogP contribution in [0.15, 0.2) is 61.2 Å². The Bertz CT molecular complexity index is 832. The third-order valence-corrected chi connectivity index (χ3v) is 4.97. The second kappa shape index (κ2) is 5.89. The minimum atomic E-state index is -0.0269. The van der Waals surface area contributed by atoms with Crippen LogP contribution in [0.2, 0.25) is 0 Å². The summed E-state index contributed by atoms with van der Waals surface area (Å²) in [5.74, 6) is 0.990. The number of hydrogen-bond acceptors (Lipinski definition) is 4. The first-order valence-corrected chi connectivity index (χ1v) is 8.32. The van der Waals surface area contributed by atoms with Gasteiger partial charge in [-0.1, -0.05) is 24.3 Å². The molecule has 3 aromatic rings. The molecule has 1 amide bonds. The molecule has 0 bridgehead atoms. The number of carbonyl (C=O) groups is 1. The second-order valence-corrected chi connectivity index (χ2v) is 6.30. The molecule has 1 aromatic carbocycles. The lowest BCUT2D eigenvalue weighted by molar-refractivity contribution is -0.113. The topological polar surface area (TPSA) is 59.8 Å². The Kier molecular flexibility index (Phi) is 3.59. The zero-order chi connectivity index (χ0) is 15.6. The molecule has 1 aliphatic heterocycles. The quantitative estimate of drug-likeness (QED) is 0.788. The molecule has 0 radical (unpaired) electrons. The Balaban J connectivity index is 1.89. The van der Waals surface area contributed by atoms with Crippen LogP contribution in [0.1, 0.15) is 16.5 Å². The number of anilines is 1. The van der Waals surface area contributed by atoms with E-state index in [-0.39, 0.29) is 11.2 Å². The molecule has 0 aliphatic carbocycles. The van der Waals surface area contributed by atoms with Crippen molar-refractivity contribution in [1.29, 1.82) is 0 Å². The fraction of sp³-hybridized carbons (Fsp3) is 0.118. The van der Waals surface area contributed by atoms with Gasteiger partial charge >= 0.3 is 0 Å². The van der Waals surface area contributed by atoms with Crippen molar-refractivity contribution in [3.63, 3.8) is 0 Å². The lowest BCUT2D eigenvalue weighted by atomic mass is 10.1. The van der Waals surface area contributed by atoms with Gasteiger partial charge in [0.2, 0.25) is 5.91 Å². The summed E-state index contributed by atoms with van der Waals surface area (Å²) >= 11 is 1.59. The van der Waals surface area contributed by atoms with Crippen LogP contribution in [0.3, 0.4) is 0 Å². The van der Waals surface area contributed by atoms with Crippen molar-refractivity contribution < 1.29 is 4.79 Å². The fourth-order valence-electron chi connectivity index (χ4n) is 2.69. The highest BCUT2D eigenvalue weighted by atomic mass is 32.2. The molecule has 3 heterocycles. The van der Waals surface area contributed by atoms with Gasteiger partial charge in [-0.05, 0) is 23.8 Å². The average molecular weight is 322 g/mol. The number of para-hydroxylation sites is 1. The van der Waals surface area contributed by atoms with E-state index in [1.54, 1.807) is 24.3 Å². The third kappa shape index (κ3) is 2.61. The molecule has 1 N–H and O–H groups in total. The van der Waals surface area contributed by atoms with Crippen LogP contribution in [0.25, 0.3) is 5.69 Å². The smallest absolute Gasteiger partial charge is 0.235 e. The Hall–Kier alpha value is -2.60. The standard InChI is InChI=1S/C17H14N4OS/c22-14-10-23-16(12-5-4-8-18-9-12)15-17(20-14)19-11-21(15)13-6-2-1-3-7-13/h1-9,11,16H,10H2,(H,20,22). The molecular formula is C17H14N4OS. The molecule has 0 fully saturated rings. The zero-order valence-electron chi connectivity index (χ0n) is 12.2. The van der Waals surface area contributed by atoms with Gasteiger partial charge in [0, 0.05) is 18.1 Å². The number of thioether (sulfide) groups is 1. The number of carbonyl (C=O) groups excluding carboxylic acids is 1. The van der Waals surface area contributed by atoms with Crippen LogP contribution in [0.5, 0.6) is 0 Å². The van der Waals surface area contributed by atoms with Crippen molar-refractivity contribution in [3.8, 4) is 5.69 Å². The maximum absolute atomic E-state index is 12.0. The number of imidazole rings is 1. The molecule has 1 aliphatic rings. The molecule has 6 heteroatoms. The first kappa shape index (κ1) is 14.0. The van der Waals surface area contributed by atoms with Crippen molar-refractivity contribution in [1.82, 2.24) is 14.5 Å². The molecule has 0 saturated carbocycles. The number of aromatic nitrogens is 3. The molecule has 5 nitrogen and oxygen atoms in total. The number of pyridine rings is 1. The van der Waals surface area contributed by atoms with Gasteiger partial charge in [-0.15, -0.1) is 11.8 Å². The van der Waals surface area contributed by atoms with E-state index >= 15 is 0 Å². The van der Waals surface area contributed by atoms with E-state index < -0.39 is 0 Å². The highest BCUT2D eigenvalue weighted by Gasteiger charge is 2.29. The summed E-state index contributed by atoms with van der Waals surface area (Å²) in [4.78, 5) is 20.6. The maximum Gasteiger partial charge on any atom is 0.235 e. The average Bonchev–Trinajstić information content (AvgIpc) is 2.93. The van der Waals surface area contributed by atoms with Gasteiger partial charge < -0.3 is 5.32 Å². The Morgan fingerprint density at radius 1 is 1.17 bits per heavy atom.